The largest absolute Gasteiger partial charge is 0.480 e. The van der Waals surface area contributed by atoms with Gasteiger partial charge in [0, 0.05) is 31.2 Å². The Bertz CT molecular complexity index is 314. The highest BCUT2D eigenvalue weighted by molar-refractivity contribution is 7.13. The van der Waals surface area contributed by atoms with E-state index < -0.39 is 12.0 Å². The molecule has 1 atom stereocenters. The molecule has 1 aromatic rings. The van der Waals surface area contributed by atoms with Crippen LogP contribution in [0.3, 0.4) is 0 Å². The van der Waals surface area contributed by atoms with Crippen molar-refractivity contribution in [1.82, 2.24) is 10.3 Å². The van der Waals surface area contributed by atoms with Crippen molar-refractivity contribution in [3.05, 3.63) is 11.6 Å². The SMILES string of the molecule is O=C(O)C1CN(c2nccs2)CCN1. The zero-order chi connectivity index (χ0) is 9.97. The summed E-state index contributed by atoms with van der Waals surface area (Å²) < 4.78 is 0. The lowest BCUT2D eigenvalue weighted by atomic mass is 10.2. The topological polar surface area (TPSA) is 65.5 Å². The lowest BCUT2D eigenvalue weighted by molar-refractivity contribution is -0.139. The quantitative estimate of drug-likeness (QED) is 0.724. The lowest BCUT2D eigenvalue weighted by Gasteiger charge is -2.31. The van der Waals surface area contributed by atoms with Crippen LogP contribution in [-0.2, 0) is 4.79 Å². The van der Waals surface area contributed by atoms with Crippen molar-refractivity contribution in [3.8, 4) is 0 Å². The second-order valence-electron chi connectivity index (χ2n) is 3.11. The summed E-state index contributed by atoms with van der Waals surface area (Å²) in [6.45, 7) is 2.00. The third-order valence-electron chi connectivity index (χ3n) is 2.16. The molecule has 0 saturated carbocycles. The molecule has 1 aromatic heterocycles. The summed E-state index contributed by atoms with van der Waals surface area (Å²) in [4.78, 5) is 16.9. The Kier molecular flexibility index (Phi) is 2.64. The number of anilines is 1. The Morgan fingerprint density at radius 1 is 1.79 bits per heavy atom. The molecule has 0 spiro atoms. The summed E-state index contributed by atoms with van der Waals surface area (Å²) in [5.41, 5.74) is 0. The van der Waals surface area contributed by atoms with Gasteiger partial charge in [-0.3, -0.25) is 4.79 Å². The van der Waals surface area contributed by atoms with Crippen LogP contribution >= 0.6 is 11.3 Å². The fourth-order valence-electron chi connectivity index (χ4n) is 1.46. The molecule has 2 heterocycles. The predicted octanol–water partition coefficient (Wildman–Crippen LogP) is 0.00590. The van der Waals surface area contributed by atoms with E-state index in [2.05, 4.69) is 10.3 Å². The Morgan fingerprint density at radius 2 is 2.64 bits per heavy atom. The first-order valence-corrected chi connectivity index (χ1v) is 5.26. The van der Waals surface area contributed by atoms with Crippen LogP contribution in [0.25, 0.3) is 0 Å². The minimum absolute atomic E-state index is 0.479. The second kappa shape index (κ2) is 3.93. The molecule has 5 nitrogen and oxygen atoms in total. The average Bonchev–Trinajstić information content (AvgIpc) is 2.71. The Balaban J connectivity index is 2.04. The summed E-state index contributed by atoms with van der Waals surface area (Å²) >= 11 is 1.54. The van der Waals surface area contributed by atoms with Gasteiger partial charge in [0.1, 0.15) is 6.04 Å². The molecule has 1 aliphatic heterocycles. The van der Waals surface area contributed by atoms with Gasteiger partial charge in [0.2, 0.25) is 0 Å². The van der Waals surface area contributed by atoms with E-state index in [4.69, 9.17) is 5.11 Å². The number of hydrogen-bond acceptors (Lipinski definition) is 5. The minimum Gasteiger partial charge on any atom is -0.480 e. The van der Waals surface area contributed by atoms with Gasteiger partial charge in [0.05, 0.1) is 0 Å². The van der Waals surface area contributed by atoms with Crippen LogP contribution in [0.15, 0.2) is 11.6 Å². The fraction of sp³-hybridized carbons (Fsp3) is 0.500. The molecular weight excluding hydrogens is 202 g/mol. The number of nitrogens with zero attached hydrogens (tertiary/aromatic N) is 2. The smallest absolute Gasteiger partial charge is 0.322 e. The number of rotatable bonds is 2. The fourth-order valence-corrected chi connectivity index (χ4v) is 2.14. The van der Waals surface area contributed by atoms with Gasteiger partial charge in [-0.05, 0) is 0 Å². The number of piperazine rings is 1. The van der Waals surface area contributed by atoms with Crippen LogP contribution in [0.5, 0.6) is 0 Å². The van der Waals surface area contributed by atoms with Crippen molar-refractivity contribution in [2.24, 2.45) is 0 Å². The minimum atomic E-state index is -0.800. The Morgan fingerprint density at radius 3 is 3.29 bits per heavy atom. The lowest BCUT2D eigenvalue weighted by Crippen LogP contribution is -2.54. The maximum Gasteiger partial charge on any atom is 0.322 e. The number of carboxylic acids is 1. The monoisotopic (exact) mass is 213 g/mol. The van der Waals surface area contributed by atoms with Crippen molar-refractivity contribution in [1.29, 1.82) is 0 Å². The van der Waals surface area contributed by atoms with Crippen molar-refractivity contribution >= 4 is 22.4 Å². The van der Waals surface area contributed by atoms with E-state index in [1.54, 1.807) is 6.20 Å². The number of hydrogen-bond donors (Lipinski definition) is 2. The summed E-state index contributed by atoms with van der Waals surface area (Å²) in [7, 11) is 0. The maximum atomic E-state index is 10.8. The number of carboxylic acid groups (broad SMARTS) is 1. The van der Waals surface area contributed by atoms with Crippen molar-refractivity contribution in [2.75, 3.05) is 24.5 Å². The van der Waals surface area contributed by atoms with Gasteiger partial charge < -0.3 is 15.3 Å². The molecule has 0 amide bonds. The van der Waals surface area contributed by atoms with E-state index in [0.29, 0.717) is 13.1 Å². The Labute approximate surface area is 85.4 Å². The molecular formula is C8H11N3O2S. The third kappa shape index (κ3) is 1.85. The molecule has 1 saturated heterocycles. The number of aliphatic carboxylic acids is 1. The third-order valence-corrected chi connectivity index (χ3v) is 3.00. The van der Waals surface area contributed by atoms with Crippen LogP contribution in [0.4, 0.5) is 5.13 Å². The van der Waals surface area contributed by atoms with Gasteiger partial charge in [-0.25, -0.2) is 4.98 Å². The van der Waals surface area contributed by atoms with Crippen molar-refractivity contribution in [2.45, 2.75) is 6.04 Å². The standard InChI is InChI=1S/C8H11N3O2S/c12-7(13)6-5-11(3-1-9-6)8-10-2-4-14-8/h2,4,6,9H,1,3,5H2,(H,12,13). The van der Waals surface area contributed by atoms with E-state index in [1.165, 1.54) is 11.3 Å². The number of nitrogens with one attached hydrogen (secondary N) is 1. The van der Waals surface area contributed by atoms with E-state index in [0.717, 1.165) is 11.7 Å². The van der Waals surface area contributed by atoms with Crippen LogP contribution in [0, 0.1) is 0 Å². The van der Waals surface area contributed by atoms with E-state index in [1.807, 2.05) is 10.3 Å². The van der Waals surface area contributed by atoms with Gasteiger partial charge in [0.25, 0.3) is 0 Å². The maximum absolute atomic E-state index is 10.8. The first kappa shape index (κ1) is 9.42. The average molecular weight is 213 g/mol. The molecule has 2 N–H and O–H groups in total. The normalized spacial score (nSPS) is 22.3. The molecule has 0 radical (unpaired) electrons. The molecule has 76 valence electrons. The summed E-state index contributed by atoms with van der Waals surface area (Å²) in [5.74, 6) is -0.800. The van der Waals surface area contributed by atoms with Crippen LogP contribution in [0.1, 0.15) is 0 Å². The van der Waals surface area contributed by atoms with E-state index in [-0.39, 0.29) is 0 Å². The Hall–Kier alpha value is -1.14. The number of carbonyl (C=O) groups is 1. The van der Waals surface area contributed by atoms with Gasteiger partial charge in [0.15, 0.2) is 5.13 Å². The molecule has 1 fully saturated rings. The highest BCUT2D eigenvalue weighted by atomic mass is 32.1. The molecule has 6 heteroatoms. The van der Waals surface area contributed by atoms with E-state index in [9.17, 15) is 4.79 Å². The highest BCUT2D eigenvalue weighted by Gasteiger charge is 2.25. The van der Waals surface area contributed by atoms with Crippen LogP contribution in [0.2, 0.25) is 0 Å². The second-order valence-corrected chi connectivity index (χ2v) is 3.98. The van der Waals surface area contributed by atoms with Gasteiger partial charge >= 0.3 is 5.97 Å². The zero-order valence-corrected chi connectivity index (χ0v) is 8.33. The predicted molar refractivity (Wildman–Crippen MR) is 53.8 cm³/mol. The molecule has 2 rings (SSSR count). The first-order chi connectivity index (χ1) is 6.77. The van der Waals surface area contributed by atoms with Gasteiger partial charge in [-0.1, -0.05) is 0 Å². The van der Waals surface area contributed by atoms with Crippen LogP contribution < -0.4 is 10.2 Å². The first-order valence-electron chi connectivity index (χ1n) is 4.38. The molecule has 1 unspecified atom stereocenters. The van der Waals surface area contributed by atoms with Gasteiger partial charge in [-0.15, -0.1) is 11.3 Å². The summed E-state index contributed by atoms with van der Waals surface area (Å²) in [6, 6.07) is -0.479. The molecule has 14 heavy (non-hydrogen) atoms. The molecule has 1 aliphatic rings. The number of aromatic nitrogens is 1. The highest BCUT2D eigenvalue weighted by Crippen LogP contribution is 2.18. The van der Waals surface area contributed by atoms with Gasteiger partial charge in [-0.2, -0.15) is 0 Å². The molecule has 0 bridgehead atoms. The van der Waals surface area contributed by atoms with Crippen molar-refractivity contribution < 1.29 is 9.90 Å². The van der Waals surface area contributed by atoms with E-state index >= 15 is 0 Å². The van der Waals surface area contributed by atoms with Crippen LogP contribution in [-0.4, -0.2) is 41.7 Å². The summed E-state index contributed by atoms with van der Waals surface area (Å²) in [6.07, 6.45) is 1.73. The molecule has 0 aromatic carbocycles. The zero-order valence-electron chi connectivity index (χ0n) is 7.51. The number of thiazole rings is 1. The van der Waals surface area contributed by atoms with Crippen molar-refractivity contribution in [3.63, 3.8) is 0 Å². The molecule has 0 aliphatic carbocycles. The summed E-state index contributed by atoms with van der Waals surface area (Å²) in [5, 5.41) is 14.6.